The summed E-state index contributed by atoms with van der Waals surface area (Å²) in [4.78, 5) is -1.06. The van der Waals surface area contributed by atoms with Crippen LogP contribution in [-0.4, -0.2) is 14.8 Å². The molecule has 1 rings (SSSR count). The Hall–Kier alpha value is -0.600. The Labute approximate surface area is 99.0 Å². The fraction of sp³-hybridized carbons (Fsp3) is 0.143. The third-order valence-electron chi connectivity index (χ3n) is 1.44. The Morgan fingerprint density at radius 3 is 2.31 bits per heavy atom. The molecule has 3 nitrogen and oxygen atoms in total. The van der Waals surface area contributed by atoms with Crippen molar-refractivity contribution in [2.24, 2.45) is 0 Å². The van der Waals surface area contributed by atoms with Gasteiger partial charge in [0, 0.05) is 15.6 Å². The van der Waals surface area contributed by atoms with E-state index in [1.165, 1.54) is 6.07 Å². The molecule has 0 aromatic heterocycles. The molecule has 0 fully saturated rings. The van der Waals surface area contributed by atoms with Gasteiger partial charge in [-0.05, 0) is 12.1 Å². The predicted octanol–water partition coefficient (Wildman–Crippen LogP) is 2.80. The van der Waals surface area contributed by atoms with Crippen LogP contribution in [0.3, 0.4) is 0 Å². The number of ether oxygens (including phenoxy) is 1. The summed E-state index contributed by atoms with van der Waals surface area (Å²) in [6, 6.07) is 3.24. The summed E-state index contributed by atoms with van der Waals surface area (Å²) in [7, 11) is 0.625. The van der Waals surface area contributed by atoms with Crippen molar-refractivity contribution in [2.75, 3.05) is 0 Å². The highest BCUT2D eigenvalue weighted by atomic mass is 35.7. The van der Waals surface area contributed by atoms with Gasteiger partial charge in [-0.2, -0.15) is 0 Å². The summed E-state index contributed by atoms with van der Waals surface area (Å²) in [6.45, 7) is 0. The lowest BCUT2D eigenvalue weighted by Crippen LogP contribution is -2.18. The normalized spacial score (nSPS) is 12.6. The van der Waals surface area contributed by atoms with E-state index in [4.69, 9.17) is 10.7 Å². The van der Waals surface area contributed by atoms with Gasteiger partial charge < -0.3 is 4.74 Å². The molecule has 0 bridgehead atoms. The van der Waals surface area contributed by atoms with Gasteiger partial charge in [0.1, 0.15) is 4.90 Å². The van der Waals surface area contributed by atoms with Crippen LogP contribution in [-0.2, 0) is 9.05 Å². The van der Waals surface area contributed by atoms with Gasteiger partial charge >= 0.3 is 6.36 Å². The number of alkyl halides is 3. The lowest BCUT2D eigenvalue weighted by atomic mass is 10.3. The second kappa shape index (κ2) is 4.34. The predicted molar refractivity (Wildman–Crippen MR) is 53.4 cm³/mol. The van der Waals surface area contributed by atoms with Crippen LogP contribution in [0.25, 0.3) is 0 Å². The van der Waals surface area contributed by atoms with Gasteiger partial charge in [-0.3, -0.25) is 0 Å². The standard InChI is InChI=1S/C7H4ClF3O3S2/c8-16(12,13)5-3-1-2-4(15)6(5)14-7(9,10)11/h1-3,15H. The molecule has 0 aliphatic carbocycles. The number of para-hydroxylation sites is 1. The largest absolute Gasteiger partial charge is 0.573 e. The second-order valence-corrected chi connectivity index (χ2v) is 5.61. The first-order chi connectivity index (χ1) is 7.11. The molecule has 1 aromatic rings. The van der Waals surface area contributed by atoms with Gasteiger partial charge in [0.25, 0.3) is 9.05 Å². The van der Waals surface area contributed by atoms with Crippen LogP contribution in [0.1, 0.15) is 0 Å². The van der Waals surface area contributed by atoms with Gasteiger partial charge in [0.15, 0.2) is 5.75 Å². The number of hydrogen-bond acceptors (Lipinski definition) is 4. The quantitative estimate of drug-likeness (QED) is 0.673. The zero-order chi connectivity index (χ0) is 12.6. The average molecular weight is 293 g/mol. The topological polar surface area (TPSA) is 43.4 Å². The molecule has 0 unspecified atom stereocenters. The third-order valence-corrected chi connectivity index (χ3v) is 3.14. The van der Waals surface area contributed by atoms with E-state index in [1.807, 2.05) is 0 Å². The van der Waals surface area contributed by atoms with Gasteiger partial charge in [0.05, 0.1) is 0 Å². The van der Waals surface area contributed by atoms with Crippen molar-refractivity contribution in [3.63, 3.8) is 0 Å². The van der Waals surface area contributed by atoms with Crippen molar-refractivity contribution in [1.82, 2.24) is 0 Å². The Bertz CT molecular complexity index is 498. The van der Waals surface area contributed by atoms with Crippen LogP contribution in [0.15, 0.2) is 28.0 Å². The SMILES string of the molecule is O=S(=O)(Cl)c1cccc(S)c1OC(F)(F)F. The lowest BCUT2D eigenvalue weighted by molar-refractivity contribution is -0.276. The highest BCUT2D eigenvalue weighted by Gasteiger charge is 2.34. The highest BCUT2D eigenvalue weighted by molar-refractivity contribution is 8.13. The lowest BCUT2D eigenvalue weighted by Gasteiger charge is -2.13. The van der Waals surface area contributed by atoms with Crippen LogP contribution in [0.2, 0.25) is 0 Å². The molecule has 1 aromatic carbocycles. The molecular formula is C7H4ClF3O3S2. The number of benzene rings is 1. The maximum Gasteiger partial charge on any atom is 0.573 e. The molecule has 16 heavy (non-hydrogen) atoms. The van der Waals surface area contributed by atoms with E-state index < -0.39 is 26.1 Å². The van der Waals surface area contributed by atoms with Crippen molar-refractivity contribution >= 4 is 32.4 Å². The third kappa shape index (κ3) is 3.46. The van der Waals surface area contributed by atoms with E-state index in [2.05, 4.69) is 17.4 Å². The van der Waals surface area contributed by atoms with Crippen LogP contribution >= 0.6 is 23.3 Å². The summed E-state index contributed by atoms with van der Waals surface area (Å²) < 4.78 is 61.5. The van der Waals surface area contributed by atoms with Crippen molar-refractivity contribution < 1.29 is 26.3 Å². The molecule has 0 heterocycles. The Balaban J connectivity index is 3.36. The Morgan fingerprint density at radius 1 is 1.31 bits per heavy atom. The van der Waals surface area contributed by atoms with Crippen LogP contribution in [0, 0.1) is 0 Å². The summed E-state index contributed by atoms with van der Waals surface area (Å²) in [5, 5.41) is 0. The van der Waals surface area contributed by atoms with Crippen LogP contribution in [0.4, 0.5) is 13.2 Å². The van der Waals surface area contributed by atoms with Gasteiger partial charge in [0.2, 0.25) is 0 Å². The number of rotatable bonds is 2. The zero-order valence-corrected chi connectivity index (χ0v) is 9.79. The minimum Gasteiger partial charge on any atom is -0.403 e. The van der Waals surface area contributed by atoms with Gasteiger partial charge in [-0.15, -0.1) is 25.8 Å². The molecule has 0 saturated carbocycles. The number of thiol groups is 1. The van der Waals surface area contributed by atoms with Crippen LogP contribution in [0.5, 0.6) is 5.75 Å². The molecule has 9 heteroatoms. The van der Waals surface area contributed by atoms with E-state index in [0.29, 0.717) is 0 Å². The molecule has 0 N–H and O–H groups in total. The maximum absolute atomic E-state index is 12.0. The van der Waals surface area contributed by atoms with Gasteiger partial charge in [-0.1, -0.05) is 6.07 Å². The average Bonchev–Trinajstić information content (AvgIpc) is 2.04. The highest BCUT2D eigenvalue weighted by Crippen LogP contribution is 2.36. The molecule has 0 saturated heterocycles. The minimum atomic E-state index is -5.02. The fourth-order valence-electron chi connectivity index (χ4n) is 0.915. The van der Waals surface area contributed by atoms with E-state index in [9.17, 15) is 21.6 Å². The molecule has 0 radical (unpaired) electrons. The molecule has 90 valence electrons. The summed E-state index contributed by atoms with van der Waals surface area (Å²) in [5.74, 6) is -0.937. The van der Waals surface area contributed by atoms with E-state index in [-0.39, 0.29) is 4.90 Å². The van der Waals surface area contributed by atoms with Crippen molar-refractivity contribution in [2.45, 2.75) is 16.2 Å². The molecule has 0 amide bonds. The van der Waals surface area contributed by atoms with Gasteiger partial charge in [-0.25, -0.2) is 8.42 Å². The monoisotopic (exact) mass is 292 g/mol. The van der Waals surface area contributed by atoms with E-state index in [0.717, 1.165) is 12.1 Å². The summed E-state index contributed by atoms with van der Waals surface area (Å²) in [6.07, 6.45) is -5.02. The smallest absolute Gasteiger partial charge is 0.403 e. The first-order valence-electron chi connectivity index (χ1n) is 3.63. The number of halogens is 4. The van der Waals surface area contributed by atoms with Crippen molar-refractivity contribution in [1.29, 1.82) is 0 Å². The Kier molecular flexibility index (Phi) is 3.65. The molecule has 0 aliphatic heterocycles. The zero-order valence-electron chi connectivity index (χ0n) is 7.32. The first-order valence-corrected chi connectivity index (χ1v) is 6.39. The molecular weight excluding hydrogens is 289 g/mol. The van der Waals surface area contributed by atoms with E-state index >= 15 is 0 Å². The summed E-state index contributed by atoms with van der Waals surface area (Å²) in [5.41, 5.74) is 0. The molecule has 0 atom stereocenters. The van der Waals surface area contributed by atoms with Crippen molar-refractivity contribution in [3.8, 4) is 5.75 Å². The number of hydrogen-bond donors (Lipinski definition) is 1. The van der Waals surface area contributed by atoms with E-state index in [1.54, 1.807) is 0 Å². The maximum atomic E-state index is 12.0. The summed E-state index contributed by atoms with van der Waals surface area (Å²) >= 11 is 3.66. The Morgan fingerprint density at radius 2 is 1.88 bits per heavy atom. The fourth-order valence-corrected chi connectivity index (χ4v) is 2.22. The minimum absolute atomic E-state index is 0.279. The second-order valence-electron chi connectivity index (χ2n) is 2.59. The molecule has 0 spiro atoms. The van der Waals surface area contributed by atoms with Crippen LogP contribution < -0.4 is 4.74 Å². The van der Waals surface area contributed by atoms with Crippen molar-refractivity contribution in [3.05, 3.63) is 18.2 Å². The first kappa shape index (κ1) is 13.5. The molecule has 0 aliphatic rings.